The first kappa shape index (κ1) is 9.37. The number of carbonyl (C=O) groups is 1. The largest absolute Gasteiger partial charge is 0.394 e. The highest BCUT2D eigenvalue weighted by atomic mass is 19.3. The van der Waals surface area contributed by atoms with Crippen molar-refractivity contribution in [2.24, 2.45) is 0 Å². The van der Waals surface area contributed by atoms with Crippen molar-refractivity contribution in [2.45, 2.75) is 6.43 Å². The van der Waals surface area contributed by atoms with Crippen molar-refractivity contribution in [1.82, 2.24) is 4.98 Å². The summed E-state index contributed by atoms with van der Waals surface area (Å²) in [6, 6.07) is 0.856. The molecule has 1 rings (SSSR count). The van der Waals surface area contributed by atoms with Crippen LogP contribution in [0, 0.1) is 0 Å². The van der Waals surface area contributed by atoms with Gasteiger partial charge in [0.1, 0.15) is 5.69 Å². The number of aromatic nitrogens is 1. The van der Waals surface area contributed by atoms with Gasteiger partial charge in [-0.3, -0.25) is 9.59 Å². The van der Waals surface area contributed by atoms with E-state index in [9.17, 15) is 18.4 Å². The Balaban J connectivity index is 3.41. The standard InChI is InChI=1S/C7H6F2N2O2/c8-6(9)4-1-3(2-12)11-7(13)5(4)10/h1-2,6H,10H2,(H,11,13). The fourth-order valence-electron chi connectivity index (χ4n) is 0.855. The van der Waals surface area contributed by atoms with Gasteiger partial charge in [0.15, 0.2) is 6.29 Å². The molecule has 3 N–H and O–H groups in total. The Morgan fingerprint density at radius 1 is 1.54 bits per heavy atom. The second-order valence-corrected chi connectivity index (χ2v) is 2.34. The average Bonchev–Trinajstić information content (AvgIpc) is 2.09. The van der Waals surface area contributed by atoms with E-state index in [0.29, 0.717) is 0 Å². The van der Waals surface area contributed by atoms with E-state index in [1.165, 1.54) is 0 Å². The Bertz CT molecular complexity index is 387. The normalized spacial score (nSPS) is 10.4. The Hall–Kier alpha value is -1.72. The summed E-state index contributed by atoms with van der Waals surface area (Å²) < 4.78 is 24.4. The topological polar surface area (TPSA) is 76.0 Å². The van der Waals surface area contributed by atoms with Crippen LogP contribution in [0.5, 0.6) is 0 Å². The van der Waals surface area contributed by atoms with Crippen molar-refractivity contribution in [3.05, 3.63) is 27.7 Å². The molecular weight excluding hydrogens is 182 g/mol. The second kappa shape index (κ2) is 3.34. The lowest BCUT2D eigenvalue weighted by Gasteiger charge is -2.03. The lowest BCUT2D eigenvalue weighted by atomic mass is 10.2. The summed E-state index contributed by atoms with van der Waals surface area (Å²) in [5.41, 5.74) is 2.80. The zero-order valence-electron chi connectivity index (χ0n) is 6.38. The molecule has 0 bridgehead atoms. The highest BCUT2D eigenvalue weighted by molar-refractivity contribution is 5.73. The minimum atomic E-state index is -2.86. The zero-order chi connectivity index (χ0) is 10.0. The number of pyridine rings is 1. The third kappa shape index (κ3) is 1.71. The van der Waals surface area contributed by atoms with E-state index in [0.717, 1.165) is 6.07 Å². The van der Waals surface area contributed by atoms with Crippen LogP contribution in [0.1, 0.15) is 22.5 Å². The number of rotatable bonds is 2. The van der Waals surface area contributed by atoms with Crippen LogP contribution in [0.25, 0.3) is 0 Å². The Labute approximate surface area is 71.4 Å². The number of carbonyl (C=O) groups excluding carboxylic acids is 1. The number of anilines is 1. The molecule has 0 radical (unpaired) electrons. The van der Waals surface area contributed by atoms with Gasteiger partial charge in [0, 0.05) is 5.56 Å². The molecule has 0 saturated heterocycles. The number of alkyl halides is 2. The summed E-state index contributed by atoms with van der Waals surface area (Å²) in [5.74, 6) is 0. The van der Waals surface area contributed by atoms with E-state index in [1.807, 2.05) is 4.98 Å². The van der Waals surface area contributed by atoms with Crippen molar-refractivity contribution in [3.8, 4) is 0 Å². The zero-order valence-corrected chi connectivity index (χ0v) is 6.38. The first-order valence-corrected chi connectivity index (χ1v) is 3.32. The molecule has 70 valence electrons. The van der Waals surface area contributed by atoms with Crippen molar-refractivity contribution in [3.63, 3.8) is 0 Å². The molecule has 0 aliphatic heterocycles. The van der Waals surface area contributed by atoms with Crippen LogP contribution in [0.2, 0.25) is 0 Å². The van der Waals surface area contributed by atoms with Gasteiger partial charge in [0.2, 0.25) is 0 Å². The monoisotopic (exact) mass is 188 g/mol. The second-order valence-electron chi connectivity index (χ2n) is 2.34. The Kier molecular flexibility index (Phi) is 2.41. The van der Waals surface area contributed by atoms with Gasteiger partial charge in [-0.2, -0.15) is 0 Å². The van der Waals surface area contributed by atoms with E-state index in [-0.39, 0.29) is 12.0 Å². The smallest absolute Gasteiger partial charge is 0.272 e. The number of hydrogen-bond donors (Lipinski definition) is 2. The van der Waals surface area contributed by atoms with Crippen LogP contribution in [0.15, 0.2) is 10.9 Å². The number of nitrogens with one attached hydrogen (secondary N) is 1. The maximum Gasteiger partial charge on any atom is 0.272 e. The fraction of sp³-hybridized carbons (Fsp3) is 0.143. The molecule has 0 unspecified atom stereocenters. The third-order valence-electron chi connectivity index (χ3n) is 1.49. The highest BCUT2D eigenvalue weighted by Crippen LogP contribution is 2.21. The summed E-state index contributed by atoms with van der Waals surface area (Å²) in [6.07, 6.45) is -2.59. The van der Waals surface area contributed by atoms with Gasteiger partial charge >= 0.3 is 0 Å². The molecule has 13 heavy (non-hydrogen) atoms. The molecule has 1 heterocycles. The lowest BCUT2D eigenvalue weighted by Crippen LogP contribution is -2.16. The highest BCUT2D eigenvalue weighted by Gasteiger charge is 2.14. The SMILES string of the molecule is Nc1c(C(F)F)cc(C=O)[nH]c1=O. The minimum absolute atomic E-state index is 0.213. The summed E-state index contributed by atoms with van der Waals surface area (Å²) in [5, 5.41) is 0. The van der Waals surface area contributed by atoms with Gasteiger partial charge in [-0.25, -0.2) is 8.78 Å². The molecule has 0 aromatic carbocycles. The van der Waals surface area contributed by atoms with Crippen molar-refractivity contribution in [2.75, 3.05) is 5.73 Å². The molecule has 0 spiro atoms. The van der Waals surface area contributed by atoms with Crippen LogP contribution in [-0.4, -0.2) is 11.3 Å². The summed E-state index contributed by atoms with van der Waals surface area (Å²) in [4.78, 5) is 23.1. The molecule has 4 nitrogen and oxygen atoms in total. The van der Waals surface area contributed by atoms with Crippen molar-refractivity contribution < 1.29 is 13.6 Å². The van der Waals surface area contributed by atoms with Gasteiger partial charge < -0.3 is 10.7 Å². The van der Waals surface area contributed by atoms with Crippen molar-refractivity contribution in [1.29, 1.82) is 0 Å². The lowest BCUT2D eigenvalue weighted by molar-refractivity contribution is 0.111. The molecule has 0 fully saturated rings. The molecule has 0 amide bonds. The van der Waals surface area contributed by atoms with Gasteiger partial charge in [0.05, 0.1) is 5.69 Å². The maximum atomic E-state index is 12.2. The van der Waals surface area contributed by atoms with E-state index in [1.54, 1.807) is 0 Å². The number of H-pyrrole nitrogens is 1. The van der Waals surface area contributed by atoms with E-state index >= 15 is 0 Å². The predicted octanol–water partition coefficient (Wildman–Crippen LogP) is 0.707. The van der Waals surface area contributed by atoms with Crippen LogP contribution >= 0.6 is 0 Å². The molecular formula is C7H6F2N2O2. The van der Waals surface area contributed by atoms with Crippen LogP contribution in [-0.2, 0) is 0 Å². The quantitative estimate of drug-likeness (QED) is 0.671. The molecule has 0 aliphatic carbocycles. The summed E-state index contributed by atoms with van der Waals surface area (Å²) in [6.45, 7) is 0. The Morgan fingerprint density at radius 3 is 2.62 bits per heavy atom. The number of hydrogen-bond acceptors (Lipinski definition) is 3. The number of halogens is 2. The number of nitrogen functional groups attached to an aromatic ring is 1. The first-order chi connectivity index (χ1) is 6.06. The molecule has 6 heteroatoms. The average molecular weight is 188 g/mol. The van der Waals surface area contributed by atoms with Crippen molar-refractivity contribution >= 4 is 12.0 Å². The molecule has 0 aliphatic rings. The van der Waals surface area contributed by atoms with Crippen LogP contribution in [0.4, 0.5) is 14.5 Å². The number of aldehydes is 1. The van der Waals surface area contributed by atoms with E-state index in [2.05, 4.69) is 0 Å². The minimum Gasteiger partial charge on any atom is -0.394 e. The van der Waals surface area contributed by atoms with Crippen LogP contribution in [0.3, 0.4) is 0 Å². The van der Waals surface area contributed by atoms with E-state index in [4.69, 9.17) is 5.73 Å². The van der Waals surface area contributed by atoms with E-state index < -0.39 is 23.2 Å². The summed E-state index contributed by atoms with van der Waals surface area (Å²) >= 11 is 0. The summed E-state index contributed by atoms with van der Waals surface area (Å²) in [7, 11) is 0. The van der Waals surface area contributed by atoms with Gasteiger partial charge in [-0.05, 0) is 6.07 Å². The third-order valence-corrected chi connectivity index (χ3v) is 1.49. The fourth-order valence-corrected chi connectivity index (χ4v) is 0.855. The van der Waals surface area contributed by atoms with Gasteiger partial charge in [0.25, 0.3) is 12.0 Å². The number of aromatic amines is 1. The van der Waals surface area contributed by atoms with Gasteiger partial charge in [-0.1, -0.05) is 0 Å². The predicted molar refractivity (Wildman–Crippen MR) is 41.8 cm³/mol. The molecule has 1 aromatic rings. The number of nitrogens with two attached hydrogens (primary N) is 1. The molecule has 0 atom stereocenters. The first-order valence-electron chi connectivity index (χ1n) is 3.32. The molecule has 0 saturated carbocycles. The molecule has 1 aromatic heterocycles. The maximum absolute atomic E-state index is 12.2. The van der Waals surface area contributed by atoms with Crippen LogP contribution < -0.4 is 11.3 Å². The van der Waals surface area contributed by atoms with Gasteiger partial charge in [-0.15, -0.1) is 0 Å². The Morgan fingerprint density at radius 2 is 2.15 bits per heavy atom.